The molecule has 0 amide bonds. The number of rotatable bonds is 8. The number of nitro groups is 2. The molecule has 0 spiro atoms. The lowest BCUT2D eigenvalue weighted by atomic mass is 10.1. The summed E-state index contributed by atoms with van der Waals surface area (Å²) in [5.41, 5.74) is -1.47. The van der Waals surface area contributed by atoms with Gasteiger partial charge in [0.2, 0.25) is 11.6 Å². The van der Waals surface area contributed by atoms with E-state index in [4.69, 9.17) is 14.2 Å². The van der Waals surface area contributed by atoms with Crippen LogP contribution in [0.1, 0.15) is 29.2 Å². The van der Waals surface area contributed by atoms with Gasteiger partial charge in [-0.3, -0.25) is 20.2 Å². The predicted octanol–water partition coefficient (Wildman–Crippen LogP) is 6.37. The Balaban J connectivity index is 1.67. The van der Waals surface area contributed by atoms with E-state index < -0.39 is 39.0 Å². The lowest BCUT2D eigenvalue weighted by Gasteiger charge is -2.13. The van der Waals surface area contributed by atoms with E-state index in [1.807, 2.05) is 0 Å². The first-order valence-electron chi connectivity index (χ1n) is 11.5. The van der Waals surface area contributed by atoms with E-state index in [1.165, 1.54) is 49.4 Å². The molecule has 1 aliphatic heterocycles. The standard InChI is InChI=1S/C26H18F3N3O8/c1-3-38-23-12-15(7-9-22(23)39-21-10-8-16(26(27,28)29)13-20(21)32(36)37)11-18-25(33)40-24(30-18)17-5-4-6-19(14(17)2)31(34)35/h4-13H,3H2,1-2H3/b18-11-. The lowest BCUT2D eigenvalue weighted by Crippen LogP contribution is -2.08. The van der Waals surface area contributed by atoms with Gasteiger partial charge in [-0.1, -0.05) is 12.1 Å². The zero-order valence-electron chi connectivity index (χ0n) is 20.7. The molecule has 1 heterocycles. The van der Waals surface area contributed by atoms with E-state index in [-0.39, 0.29) is 46.5 Å². The Hall–Kier alpha value is -5.27. The van der Waals surface area contributed by atoms with Crippen LogP contribution in [0.2, 0.25) is 0 Å². The fourth-order valence-electron chi connectivity index (χ4n) is 3.74. The van der Waals surface area contributed by atoms with Crippen LogP contribution in [-0.4, -0.2) is 28.3 Å². The maximum absolute atomic E-state index is 13.0. The number of alkyl halides is 3. The number of esters is 1. The minimum atomic E-state index is -4.79. The van der Waals surface area contributed by atoms with Gasteiger partial charge < -0.3 is 14.2 Å². The number of hydrogen-bond donors (Lipinski definition) is 0. The number of halogens is 3. The first kappa shape index (κ1) is 27.8. The molecule has 40 heavy (non-hydrogen) atoms. The maximum Gasteiger partial charge on any atom is 0.416 e. The molecule has 0 atom stereocenters. The molecular weight excluding hydrogens is 539 g/mol. The Morgan fingerprint density at radius 2 is 1.68 bits per heavy atom. The third-order valence-corrected chi connectivity index (χ3v) is 5.63. The lowest BCUT2D eigenvalue weighted by molar-refractivity contribution is -0.385. The highest BCUT2D eigenvalue weighted by atomic mass is 19.4. The number of carbonyl (C=O) groups excluding carboxylic acids is 1. The molecule has 4 rings (SSSR count). The molecule has 0 N–H and O–H groups in total. The van der Waals surface area contributed by atoms with Crippen molar-refractivity contribution in [1.29, 1.82) is 0 Å². The first-order valence-corrected chi connectivity index (χ1v) is 11.5. The summed E-state index contributed by atoms with van der Waals surface area (Å²) in [4.78, 5) is 37.7. The molecule has 0 radical (unpaired) electrons. The minimum absolute atomic E-state index is 0.0303. The van der Waals surface area contributed by atoms with Crippen LogP contribution < -0.4 is 9.47 Å². The first-order chi connectivity index (χ1) is 18.9. The zero-order valence-corrected chi connectivity index (χ0v) is 20.7. The Morgan fingerprint density at radius 3 is 2.33 bits per heavy atom. The number of cyclic esters (lactones) is 1. The molecular formula is C26H18F3N3O8. The summed E-state index contributed by atoms with van der Waals surface area (Å²) in [5.74, 6) is -1.31. The van der Waals surface area contributed by atoms with Crippen LogP contribution in [0.5, 0.6) is 17.2 Å². The van der Waals surface area contributed by atoms with Gasteiger partial charge in [-0.05, 0) is 55.8 Å². The molecule has 11 nitrogen and oxygen atoms in total. The van der Waals surface area contributed by atoms with Crippen molar-refractivity contribution < 1.29 is 42.0 Å². The van der Waals surface area contributed by atoms with Crippen LogP contribution in [0.15, 0.2) is 65.3 Å². The topological polar surface area (TPSA) is 143 Å². The van der Waals surface area contributed by atoms with Crippen LogP contribution in [-0.2, 0) is 15.7 Å². The third-order valence-electron chi connectivity index (χ3n) is 5.63. The van der Waals surface area contributed by atoms with Gasteiger partial charge in [-0.25, -0.2) is 9.79 Å². The van der Waals surface area contributed by atoms with Gasteiger partial charge in [-0.2, -0.15) is 13.2 Å². The highest BCUT2D eigenvalue weighted by Gasteiger charge is 2.34. The Labute approximate surface area is 223 Å². The molecule has 3 aromatic rings. The molecule has 0 aliphatic carbocycles. The summed E-state index contributed by atoms with van der Waals surface area (Å²) in [6.07, 6.45) is -3.43. The third kappa shape index (κ3) is 5.75. The molecule has 0 unspecified atom stereocenters. The molecule has 1 aliphatic rings. The molecule has 14 heteroatoms. The van der Waals surface area contributed by atoms with E-state index >= 15 is 0 Å². The number of ether oxygens (including phenoxy) is 3. The molecule has 206 valence electrons. The molecule has 0 bridgehead atoms. The van der Waals surface area contributed by atoms with Gasteiger partial charge in [0.05, 0.1) is 22.0 Å². The Morgan fingerprint density at radius 1 is 0.975 bits per heavy atom. The Bertz CT molecular complexity index is 1600. The van der Waals surface area contributed by atoms with Crippen LogP contribution in [0, 0.1) is 27.2 Å². The second kappa shape index (κ2) is 10.8. The maximum atomic E-state index is 13.0. The molecule has 0 fully saturated rings. The second-order valence-electron chi connectivity index (χ2n) is 8.22. The highest BCUT2D eigenvalue weighted by molar-refractivity contribution is 6.13. The van der Waals surface area contributed by atoms with E-state index in [2.05, 4.69) is 4.99 Å². The summed E-state index contributed by atoms with van der Waals surface area (Å²) in [6.45, 7) is 3.29. The summed E-state index contributed by atoms with van der Waals surface area (Å²) in [7, 11) is 0. The van der Waals surface area contributed by atoms with Crippen LogP contribution in [0.4, 0.5) is 24.5 Å². The highest BCUT2D eigenvalue weighted by Crippen LogP contribution is 2.40. The van der Waals surface area contributed by atoms with Crippen LogP contribution in [0.3, 0.4) is 0 Å². The number of nitro benzene ring substituents is 2. The summed E-state index contributed by atoms with van der Waals surface area (Å²) < 4.78 is 55.4. The number of aliphatic imine (C=N–C) groups is 1. The van der Waals surface area contributed by atoms with Gasteiger partial charge in [0.1, 0.15) is 0 Å². The van der Waals surface area contributed by atoms with E-state index in [1.54, 1.807) is 6.92 Å². The molecule has 0 saturated carbocycles. The number of nitrogens with zero attached hydrogens (tertiary/aromatic N) is 3. The molecule has 3 aromatic carbocycles. The number of hydrogen-bond acceptors (Lipinski definition) is 9. The average Bonchev–Trinajstić information content (AvgIpc) is 3.24. The van der Waals surface area contributed by atoms with Crippen molar-refractivity contribution in [2.45, 2.75) is 20.0 Å². The molecule has 0 saturated heterocycles. The normalized spacial score (nSPS) is 14.1. The van der Waals surface area contributed by atoms with Crippen LogP contribution >= 0.6 is 0 Å². The van der Waals surface area contributed by atoms with Crippen molar-refractivity contribution in [3.8, 4) is 17.2 Å². The Kier molecular flexibility index (Phi) is 7.52. The summed E-state index contributed by atoms with van der Waals surface area (Å²) in [6, 6.07) is 10.4. The van der Waals surface area contributed by atoms with E-state index in [9.17, 15) is 38.2 Å². The molecule has 0 aromatic heterocycles. The van der Waals surface area contributed by atoms with Gasteiger partial charge in [0.25, 0.3) is 5.69 Å². The zero-order chi connectivity index (χ0) is 29.2. The summed E-state index contributed by atoms with van der Waals surface area (Å²) in [5, 5.41) is 22.7. The van der Waals surface area contributed by atoms with Gasteiger partial charge in [0, 0.05) is 23.3 Å². The van der Waals surface area contributed by atoms with E-state index in [0.29, 0.717) is 17.7 Å². The van der Waals surface area contributed by atoms with Crippen LogP contribution in [0.25, 0.3) is 6.08 Å². The summed E-state index contributed by atoms with van der Waals surface area (Å²) >= 11 is 0. The van der Waals surface area contributed by atoms with Crippen molar-refractivity contribution in [2.24, 2.45) is 4.99 Å². The van der Waals surface area contributed by atoms with E-state index in [0.717, 1.165) is 6.07 Å². The van der Waals surface area contributed by atoms with Gasteiger partial charge >= 0.3 is 17.8 Å². The minimum Gasteiger partial charge on any atom is -0.490 e. The number of benzene rings is 3. The van der Waals surface area contributed by atoms with Crippen molar-refractivity contribution in [3.63, 3.8) is 0 Å². The van der Waals surface area contributed by atoms with Crippen molar-refractivity contribution in [1.82, 2.24) is 0 Å². The monoisotopic (exact) mass is 557 g/mol. The number of carbonyl (C=O) groups is 1. The quantitative estimate of drug-likeness (QED) is 0.135. The van der Waals surface area contributed by atoms with Crippen molar-refractivity contribution in [3.05, 3.63) is 103 Å². The SMILES string of the molecule is CCOc1cc(/C=C2\N=C(c3cccc([N+](=O)[O-])c3C)OC2=O)ccc1Oc1ccc(C(F)(F)F)cc1[N+](=O)[O-]. The van der Waals surface area contributed by atoms with Crippen molar-refractivity contribution in [2.75, 3.05) is 6.61 Å². The fraction of sp³-hybridized carbons (Fsp3) is 0.154. The fourth-order valence-corrected chi connectivity index (χ4v) is 3.74. The predicted molar refractivity (Wildman–Crippen MR) is 134 cm³/mol. The van der Waals surface area contributed by atoms with Gasteiger partial charge in [-0.15, -0.1) is 0 Å². The average molecular weight is 557 g/mol. The van der Waals surface area contributed by atoms with Gasteiger partial charge in [0.15, 0.2) is 17.2 Å². The smallest absolute Gasteiger partial charge is 0.416 e. The largest absolute Gasteiger partial charge is 0.490 e. The second-order valence-corrected chi connectivity index (χ2v) is 8.22. The van der Waals surface area contributed by atoms with Crippen molar-refractivity contribution >= 4 is 29.3 Å².